The van der Waals surface area contributed by atoms with Crippen LogP contribution in [0.3, 0.4) is 0 Å². The van der Waals surface area contributed by atoms with E-state index in [2.05, 4.69) is 242 Å². The molecule has 7 aromatic carbocycles. The first-order chi connectivity index (χ1) is 29.9. The van der Waals surface area contributed by atoms with E-state index in [0.29, 0.717) is 0 Å². The van der Waals surface area contributed by atoms with Crippen molar-refractivity contribution in [3.8, 4) is 44.5 Å². The number of anilines is 3. The molecule has 2 aliphatic carbocycles. The normalized spacial score (nSPS) is 16.4. The smallest absolute Gasteiger partial charge is 0.0546 e. The van der Waals surface area contributed by atoms with Crippen molar-refractivity contribution in [1.82, 2.24) is 0 Å². The molecule has 64 heavy (non-hydrogen) atoms. The highest BCUT2D eigenvalue weighted by atomic mass is 15.2. The highest BCUT2D eigenvalue weighted by Gasteiger charge is 2.44. The van der Waals surface area contributed by atoms with Crippen LogP contribution in [0, 0.1) is 0 Å². The van der Waals surface area contributed by atoms with Crippen LogP contribution >= 0.6 is 0 Å². The van der Waals surface area contributed by atoms with E-state index < -0.39 is 0 Å². The summed E-state index contributed by atoms with van der Waals surface area (Å²) in [6.45, 7) is 35.9. The summed E-state index contributed by atoms with van der Waals surface area (Å²) in [5.41, 5.74) is 25.4. The van der Waals surface area contributed by atoms with Crippen LogP contribution in [0.1, 0.15) is 154 Å². The Balaban J connectivity index is 1.43. The van der Waals surface area contributed by atoms with Gasteiger partial charge in [0.1, 0.15) is 0 Å². The predicted molar refractivity (Wildman–Crippen MR) is 275 cm³/mol. The number of fused-ring (bicyclic) bond motifs is 4. The van der Waals surface area contributed by atoms with E-state index in [0.717, 1.165) is 0 Å². The highest BCUT2D eigenvalue weighted by molar-refractivity contribution is 6.02. The Morgan fingerprint density at radius 2 is 0.812 bits per heavy atom. The van der Waals surface area contributed by atoms with Gasteiger partial charge in [-0.25, -0.2) is 0 Å². The predicted octanol–water partition coefficient (Wildman–Crippen LogP) is 17.6. The van der Waals surface area contributed by atoms with E-state index in [4.69, 9.17) is 0 Å². The van der Waals surface area contributed by atoms with E-state index in [9.17, 15) is 0 Å². The standard InChI is InChI=1S/C63H67N/c1-58(2,3)42-24-26-48-50(32-42)62(12,13)52-34-45(59(4,5)6)36-54(56(48)52)64-47-30-40(38-20-17-16-18-21-38)28-41(31-47)39-22-19-23-43(29-39)61(10,11)44-25-27-49-51(33-44)63(14,15)53-35-46(60(7,8)9)37-55(64)57(49)53/h16-37H,1-15H3. The summed E-state index contributed by atoms with van der Waals surface area (Å²) in [7, 11) is 0. The number of hydrogen-bond donors (Lipinski definition) is 0. The van der Waals surface area contributed by atoms with Crippen LogP contribution < -0.4 is 4.90 Å². The average Bonchev–Trinajstić information content (AvgIpc) is 3.61. The molecule has 1 heteroatoms. The first kappa shape index (κ1) is 42.3. The fourth-order valence-corrected chi connectivity index (χ4v) is 11.1. The van der Waals surface area contributed by atoms with Crippen molar-refractivity contribution in [3.05, 3.63) is 184 Å². The highest BCUT2D eigenvalue weighted by Crippen LogP contribution is 2.61. The first-order valence-corrected chi connectivity index (χ1v) is 23.7. The molecule has 0 N–H and O–H groups in total. The second kappa shape index (κ2) is 13.7. The number of benzene rings is 7. The Hall–Kier alpha value is -5.66. The maximum Gasteiger partial charge on any atom is 0.0546 e. The zero-order valence-electron chi connectivity index (χ0n) is 41.1. The number of nitrogens with zero attached hydrogens (tertiary/aromatic N) is 1. The van der Waals surface area contributed by atoms with Crippen molar-refractivity contribution in [1.29, 1.82) is 0 Å². The Labute approximate surface area is 384 Å². The van der Waals surface area contributed by atoms with Gasteiger partial charge in [-0.3, -0.25) is 0 Å². The van der Waals surface area contributed by atoms with Gasteiger partial charge in [-0.1, -0.05) is 207 Å². The van der Waals surface area contributed by atoms with Crippen molar-refractivity contribution >= 4 is 17.1 Å². The molecule has 1 nitrogen and oxygen atoms in total. The van der Waals surface area contributed by atoms with E-state index in [1.807, 2.05) is 0 Å². The third-order valence-corrected chi connectivity index (χ3v) is 15.5. The van der Waals surface area contributed by atoms with Crippen LogP contribution in [0.4, 0.5) is 17.1 Å². The molecule has 8 bridgehead atoms. The Morgan fingerprint density at radius 3 is 1.36 bits per heavy atom. The van der Waals surface area contributed by atoms with Crippen molar-refractivity contribution in [2.75, 3.05) is 4.90 Å². The number of rotatable bonds is 2. The topological polar surface area (TPSA) is 3.24 Å². The molecule has 0 fully saturated rings. The number of hydrogen-bond acceptors (Lipinski definition) is 1. The molecule has 0 spiro atoms. The molecular formula is C63H67N. The lowest BCUT2D eigenvalue weighted by molar-refractivity contribution is 0.580. The summed E-state index contributed by atoms with van der Waals surface area (Å²) in [6.07, 6.45) is 0. The van der Waals surface area contributed by atoms with Crippen LogP contribution in [-0.2, 0) is 32.5 Å². The van der Waals surface area contributed by atoms with Gasteiger partial charge in [0.05, 0.1) is 11.4 Å². The maximum absolute atomic E-state index is 2.71. The summed E-state index contributed by atoms with van der Waals surface area (Å²) in [6, 6.07) is 52.8. The summed E-state index contributed by atoms with van der Waals surface area (Å²) in [4.78, 5) is 2.71. The van der Waals surface area contributed by atoms with E-state index in [1.165, 1.54) is 112 Å². The second-order valence-electron chi connectivity index (χ2n) is 24.0. The van der Waals surface area contributed by atoms with Gasteiger partial charge in [-0.05, 0) is 130 Å². The molecule has 0 amide bonds. The van der Waals surface area contributed by atoms with E-state index >= 15 is 0 Å². The molecular weight excluding hydrogens is 771 g/mol. The Morgan fingerprint density at radius 1 is 0.344 bits per heavy atom. The van der Waals surface area contributed by atoms with Gasteiger partial charge < -0.3 is 4.90 Å². The molecule has 0 radical (unpaired) electrons. The quantitative estimate of drug-likeness (QED) is 0.168. The molecule has 0 atom stereocenters. The summed E-state index contributed by atoms with van der Waals surface area (Å²) in [5.74, 6) is 0. The van der Waals surface area contributed by atoms with Crippen molar-refractivity contribution in [2.45, 2.75) is 136 Å². The fraction of sp³-hybridized carbons (Fsp3) is 0.333. The SMILES string of the molecule is CC(C)(C)c1ccc2c(c1)C(C)(C)c1cc(C(C)(C)C)cc(N3c4cc(-c5ccccc5)cc(c4)-c4cccc(c4)C(C)(C)c4ccc5c(c4)C(C)(C)c4cc(C(C)(C)C)cc3c4-5)c1-2. The molecule has 0 unspecified atom stereocenters. The van der Waals surface area contributed by atoms with Gasteiger partial charge in [0.15, 0.2) is 0 Å². The minimum Gasteiger partial charge on any atom is -0.309 e. The van der Waals surface area contributed by atoms with Gasteiger partial charge in [0, 0.05) is 33.1 Å². The monoisotopic (exact) mass is 838 g/mol. The van der Waals surface area contributed by atoms with Gasteiger partial charge in [-0.2, -0.15) is 0 Å². The van der Waals surface area contributed by atoms with Crippen LogP contribution in [0.25, 0.3) is 44.5 Å². The fourth-order valence-electron chi connectivity index (χ4n) is 11.1. The molecule has 4 aliphatic rings. The van der Waals surface area contributed by atoms with Crippen molar-refractivity contribution in [3.63, 3.8) is 0 Å². The summed E-state index contributed by atoms with van der Waals surface area (Å²) >= 11 is 0. The van der Waals surface area contributed by atoms with Crippen LogP contribution in [0.5, 0.6) is 0 Å². The molecule has 0 aromatic heterocycles. The van der Waals surface area contributed by atoms with Crippen LogP contribution in [0.15, 0.2) is 133 Å². The van der Waals surface area contributed by atoms with Crippen molar-refractivity contribution in [2.24, 2.45) is 0 Å². The Bertz CT molecular complexity index is 3060. The van der Waals surface area contributed by atoms with Gasteiger partial charge in [0.2, 0.25) is 0 Å². The van der Waals surface area contributed by atoms with Crippen molar-refractivity contribution < 1.29 is 0 Å². The zero-order chi connectivity index (χ0) is 45.7. The molecule has 0 saturated carbocycles. The minimum absolute atomic E-state index is 0.0305. The lowest BCUT2D eigenvalue weighted by atomic mass is 9.74. The molecule has 324 valence electrons. The van der Waals surface area contributed by atoms with Crippen LogP contribution in [0.2, 0.25) is 0 Å². The molecule has 2 aliphatic heterocycles. The molecule has 7 aromatic rings. The second-order valence-corrected chi connectivity index (χ2v) is 24.0. The van der Waals surface area contributed by atoms with Gasteiger partial charge in [-0.15, -0.1) is 0 Å². The molecule has 0 saturated heterocycles. The van der Waals surface area contributed by atoms with Gasteiger partial charge >= 0.3 is 0 Å². The maximum atomic E-state index is 2.71. The molecule has 11 rings (SSSR count). The van der Waals surface area contributed by atoms with E-state index in [1.54, 1.807) is 0 Å². The average molecular weight is 838 g/mol. The lowest BCUT2D eigenvalue weighted by Gasteiger charge is -2.35. The molecule has 2 heterocycles. The Kier molecular flexibility index (Phi) is 9.04. The summed E-state index contributed by atoms with van der Waals surface area (Å²) in [5, 5.41) is 0. The van der Waals surface area contributed by atoms with Crippen LogP contribution in [-0.4, -0.2) is 0 Å². The zero-order valence-corrected chi connectivity index (χ0v) is 41.1. The third-order valence-electron chi connectivity index (χ3n) is 15.5. The first-order valence-electron chi connectivity index (χ1n) is 23.7. The lowest BCUT2D eigenvalue weighted by Crippen LogP contribution is -2.22. The largest absolute Gasteiger partial charge is 0.309 e. The minimum atomic E-state index is -0.231. The third kappa shape index (κ3) is 6.39. The summed E-state index contributed by atoms with van der Waals surface area (Å²) < 4.78 is 0. The van der Waals surface area contributed by atoms with E-state index in [-0.39, 0.29) is 32.5 Å². The van der Waals surface area contributed by atoms with Gasteiger partial charge in [0.25, 0.3) is 0 Å².